The summed E-state index contributed by atoms with van der Waals surface area (Å²) in [4.78, 5) is 0. The van der Waals surface area contributed by atoms with Crippen LogP contribution in [0.1, 0.15) is 154 Å². The number of aliphatic hydroxyl groups excluding tert-OH is 2. The van der Waals surface area contributed by atoms with E-state index in [4.69, 9.17) is 10.2 Å². The zero-order chi connectivity index (χ0) is 23.2. The van der Waals surface area contributed by atoms with Crippen LogP contribution in [-0.2, 0) is 0 Å². The first kappa shape index (κ1) is 31.0. The van der Waals surface area contributed by atoms with Crippen LogP contribution < -0.4 is 0 Å². The Kier molecular flexibility index (Phi) is 29.1. The molecule has 32 heavy (non-hydrogen) atoms. The van der Waals surface area contributed by atoms with E-state index in [2.05, 4.69) is 23.7 Å². The normalized spacial score (nSPS) is 10.4. The van der Waals surface area contributed by atoms with Crippen molar-refractivity contribution >= 4 is 0 Å². The molecule has 0 amide bonds. The number of hydrogen-bond donors (Lipinski definition) is 2. The topological polar surface area (TPSA) is 40.5 Å². The van der Waals surface area contributed by atoms with Gasteiger partial charge in [0.1, 0.15) is 0 Å². The van der Waals surface area contributed by atoms with Gasteiger partial charge in [0, 0.05) is 38.9 Å². The van der Waals surface area contributed by atoms with Gasteiger partial charge in [-0.3, -0.25) is 0 Å². The second-order valence-electron chi connectivity index (χ2n) is 9.23. The second kappa shape index (κ2) is 30.0. The average Bonchev–Trinajstić information content (AvgIpc) is 2.81. The van der Waals surface area contributed by atoms with Crippen molar-refractivity contribution in [3.8, 4) is 23.7 Å². The Morgan fingerprint density at radius 1 is 0.250 bits per heavy atom. The van der Waals surface area contributed by atoms with Crippen LogP contribution in [0.15, 0.2) is 0 Å². The molecule has 0 aliphatic rings. The van der Waals surface area contributed by atoms with Crippen molar-refractivity contribution in [2.45, 2.75) is 154 Å². The Hall–Kier alpha value is -0.960. The van der Waals surface area contributed by atoms with Gasteiger partial charge in [-0.2, -0.15) is 0 Å². The summed E-state index contributed by atoms with van der Waals surface area (Å²) in [5.74, 6) is 13.4. The Bertz CT molecular complexity index is 419. The summed E-state index contributed by atoms with van der Waals surface area (Å²) in [5.41, 5.74) is 0. The largest absolute Gasteiger partial charge is 0.396 e. The molecule has 0 aromatic rings. The van der Waals surface area contributed by atoms with E-state index in [0.717, 1.165) is 38.5 Å². The van der Waals surface area contributed by atoms with Crippen molar-refractivity contribution in [3.05, 3.63) is 0 Å². The summed E-state index contributed by atoms with van der Waals surface area (Å²) in [5, 5.41) is 17.5. The molecule has 0 saturated heterocycles. The Labute approximate surface area is 201 Å². The fourth-order valence-electron chi connectivity index (χ4n) is 3.91. The molecular formula is C30H54O2. The molecule has 0 radical (unpaired) electrons. The predicted molar refractivity (Wildman–Crippen MR) is 141 cm³/mol. The van der Waals surface area contributed by atoms with Gasteiger partial charge in [-0.1, -0.05) is 89.9 Å². The smallest absolute Gasteiger partial charge is 0.0431 e. The van der Waals surface area contributed by atoms with Crippen molar-refractivity contribution in [2.24, 2.45) is 0 Å². The van der Waals surface area contributed by atoms with Gasteiger partial charge in [0.05, 0.1) is 0 Å². The number of aliphatic hydroxyl groups is 2. The Morgan fingerprint density at radius 2 is 0.438 bits per heavy atom. The van der Waals surface area contributed by atoms with E-state index in [-0.39, 0.29) is 0 Å². The molecule has 0 rings (SSSR count). The van der Waals surface area contributed by atoms with E-state index >= 15 is 0 Å². The number of hydrogen-bond acceptors (Lipinski definition) is 2. The van der Waals surface area contributed by atoms with Crippen LogP contribution in [0.2, 0.25) is 0 Å². The maximum atomic E-state index is 8.74. The van der Waals surface area contributed by atoms with Gasteiger partial charge >= 0.3 is 0 Å². The molecule has 0 bridgehead atoms. The van der Waals surface area contributed by atoms with E-state index < -0.39 is 0 Å². The fraction of sp³-hybridized carbons (Fsp3) is 0.867. The summed E-state index contributed by atoms with van der Waals surface area (Å²) in [7, 11) is 0. The lowest BCUT2D eigenvalue weighted by Gasteiger charge is -2.00. The van der Waals surface area contributed by atoms with Crippen molar-refractivity contribution < 1.29 is 10.2 Å². The highest BCUT2D eigenvalue weighted by molar-refractivity contribution is 5.00. The Balaban J connectivity index is 3.19. The highest BCUT2D eigenvalue weighted by Gasteiger charge is 1.93. The summed E-state index contributed by atoms with van der Waals surface area (Å²) < 4.78 is 0. The molecule has 0 aliphatic carbocycles. The lowest BCUT2D eigenvalue weighted by Crippen LogP contribution is -1.84. The lowest BCUT2D eigenvalue weighted by molar-refractivity contribution is 0.282. The first-order valence-electron chi connectivity index (χ1n) is 14.0. The summed E-state index contributed by atoms with van der Waals surface area (Å²) >= 11 is 0. The minimum absolute atomic E-state index is 0.352. The highest BCUT2D eigenvalue weighted by atomic mass is 16.3. The SMILES string of the molecule is OCCCCCCCCCCCC#CCCCCC#CCCCCCCCCCCCO. The lowest BCUT2D eigenvalue weighted by atomic mass is 10.1. The number of unbranched alkanes of at least 4 members (excludes halogenated alkanes) is 21. The minimum Gasteiger partial charge on any atom is -0.396 e. The number of rotatable bonds is 23. The first-order chi connectivity index (χ1) is 15.9. The van der Waals surface area contributed by atoms with Gasteiger partial charge in [-0.15, -0.1) is 23.7 Å². The maximum Gasteiger partial charge on any atom is 0.0431 e. The first-order valence-corrected chi connectivity index (χ1v) is 14.0. The molecule has 0 aliphatic heterocycles. The van der Waals surface area contributed by atoms with Crippen molar-refractivity contribution in [2.75, 3.05) is 13.2 Å². The summed E-state index contributed by atoms with van der Waals surface area (Å²) in [6, 6.07) is 0. The van der Waals surface area contributed by atoms with Crippen LogP contribution in [0.4, 0.5) is 0 Å². The molecule has 0 unspecified atom stereocenters. The van der Waals surface area contributed by atoms with Crippen LogP contribution in [-0.4, -0.2) is 23.4 Å². The van der Waals surface area contributed by atoms with Crippen molar-refractivity contribution in [3.63, 3.8) is 0 Å². The van der Waals surface area contributed by atoms with E-state index in [1.54, 1.807) is 0 Å². The molecular weight excluding hydrogens is 392 g/mol. The van der Waals surface area contributed by atoms with Gasteiger partial charge in [0.2, 0.25) is 0 Å². The third-order valence-corrected chi connectivity index (χ3v) is 6.02. The Morgan fingerprint density at radius 3 is 0.688 bits per heavy atom. The molecule has 2 heteroatoms. The van der Waals surface area contributed by atoms with Crippen molar-refractivity contribution in [1.82, 2.24) is 0 Å². The molecule has 186 valence electrons. The maximum absolute atomic E-state index is 8.74. The van der Waals surface area contributed by atoms with Gasteiger partial charge in [0.15, 0.2) is 0 Å². The predicted octanol–water partition coefficient (Wildman–Crippen LogP) is 8.34. The molecule has 0 atom stereocenters. The molecule has 0 saturated carbocycles. The fourth-order valence-corrected chi connectivity index (χ4v) is 3.91. The molecule has 0 aromatic heterocycles. The van der Waals surface area contributed by atoms with Crippen LogP contribution in [0.3, 0.4) is 0 Å². The van der Waals surface area contributed by atoms with E-state index in [1.165, 1.54) is 116 Å². The van der Waals surface area contributed by atoms with Crippen LogP contribution >= 0.6 is 0 Å². The van der Waals surface area contributed by atoms with Gasteiger partial charge in [-0.25, -0.2) is 0 Å². The third-order valence-electron chi connectivity index (χ3n) is 6.02. The van der Waals surface area contributed by atoms with Crippen molar-refractivity contribution in [1.29, 1.82) is 0 Å². The third kappa shape index (κ3) is 29.0. The van der Waals surface area contributed by atoms with Crippen LogP contribution in [0.5, 0.6) is 0 Å². The van der Waals surface area contributed by atoms with Crippen LogP contribution in [0, 0.1) is 23.7 Å². The average molecular weight is 447 g/mol. The standard InChI is InChI=1S/C30H54O2/c31-29-27-25-23-21-19-17-15-13-11-9-7-5-3-1-2-4-6-8-10-12-14-16-18-20-22-24-26-28-30-32/h31-32H,1-4,9-30H2. The van der Waals surface area contributed by atoms with Gasteiger partial charge < -0.3 is 10.2 Å². The molecule has 0 heterocycles. The van der Waals surface area contributed by atoms with Gasteiger partial charge in [0.25, 0.3) is 0 Å². The molecule has 2 nitrogen and oxygen atoms in total. The molecule has 0 fully saturated rings. The van der Waals surface area contributed by atoms with E-state index in [1.807, 2.05) is 0 Å². The highest BCUT2D eigenvalue weighted by Crippen LogP contribution is 2.11. The zero-order valence-corrected chi connectivity index (χ0v) is 21.3. The quantitative estimate of drug-likeness (QED) is 0.122. The summed E-state index contributed by atoms with van der Waals surface area (Å²) in [6.07, 6.45) is 29.5. The molecule has 2 N–H and O–H groups in total. The summed E-state index contributed by atoms with van der Waals surface area (Å²) in [6.45, 7) is 0.703. The van der Waals surface area contributed by atoms with Gasteiger partial charge in [-0.05, 0) is 38.5 Å². The van der Waals surface area contributed by atoms with E-state index in [0.29, 0.717) is 13.2 Å². The van der Waals surface area contributed by atoms with E-state index in [9.17, 15) is 0 Å². The minimum atomic E-state index is 0.352. The molecule has 0 aromatic carbocycles. The van der Waals surface area contributed by atoms with Crippen LogP contribution in [0.25, 0.3) is 0 Å². The zero-order valence-electron chi connectivity index (χ0n) is 21.3. The second-order valence-corrected chi connectivity index (χ2v) is 9.23. The monoisotopic (exact) mass is 446 g/mol. The molecule has 0 spiro atoms.